The Balaban J connectivity index is 2.10. The second kappa shape index (κ2) is 4.81. The summed E-state index contributed by atoms with van der Waals surface area (Å²) in [6.45, 7) is 5.65. The van der Waals surface area contributed by atoms with Gasteiger partial charge in [0.05, 0.1) is 11.4 Å². The Bertz CT molecular complexity index is 648. The summed E-state index contributed by atoms with van der Waals surface area (Å²) < 4.78 is 15.5. The van der Waals surface area contributed by atoms with Crippen molar-refractivity contribution >= 4 is 17.2 Å². The number of fused-ring (bicyclic) bond motifs is 1. The summed E-state index contributed by atoms with van der Waals surface area (Å²) in [6, 6.07) is 4.95. The van der Waals surface area contributed by atoms with Gasteiger partial charge in [-0.25, -0.2) is 9.07 Å². The van der Waals surface area contributed by atoms with E-state index in [1.165, 1.54) is 6.07 Å². The van der Waals surface area contributed by atoms with Crippen LogP contribution in [0.4, 0.5) is 21.6 Å². The number of aromatic nitrogens is 2. The maximum Gasteiger partial charge on any atom is 0.155 e. The first-order chi connectivity index (χ1) is 9.61. The molecule has 0 saturated carbocycles. The maximum atomic E-state index is 13.5. The van der Waals surface area contributed by atoms with Crippen molar-refractivity contribution in [2.75, 3.05) is 17.2 Å². The normalized spacial score (nSPS) is 13.8. The second-order valence-corrected chi connectivity index (χ2v) is 5.22. The largest absolute Gasteiger partial charge is 0.394 e. The Morgan fingerprint density at radius 2 is 2.20 bits per heavy atom. The average molecular weight is 274 g/mol. The zero-order valence-electron chi connectivity index (χ0n) is 11.9. The quantitative estimate of drug-likeness (QED) is 0.936. The summed E-state index contributed by atoms with van der Waals surface area (Å²) in [5.41, 5.74) is 9.78. The van der Waals surface area contributed by atoms with Crippen molar-refractivity contribution in [2.24, 2.45) is 0 Å². The molecule has 2 heterocycles. The van der Waals surface area contributed by atoms with Crippen molar-refractivity contribution < 1.29 is 4.39 Å². The second-order valence-electron chi connectivity index (χ2n) is 5.22. The highest BCUT2D eigenvalue weighted by Gasteiger charge is 2.26. The van der Waals surface area contributed by atoms with Crippen molar-refractivity contribution in [3.8, 4) is 0 Å². The smallest absolute Gasteiger partial charge is 0.155 e. The Labute approximate surface area is 118 Å². The number of hydrogen-bond acceptors (Lipinski definition) is 3. The van der Waals surface area contributed by atoms with Gasteiger partial charge in [0.25, 0.3) is 0 Å². The number of halogens is 1. The Morgan fingerprint density at radius 1 is 1.40 bits per heavy atom. The minimum absolute atomic E-state index is 0.215. The van der Waals surface area contributed by atoms with Crippen molar-refractivity contribution in [3.05, 3.63) is 35.3 Å². The van der Waals surface area contributed by atoms with Crippen molar-refractivity contribution in [2.45, 2.75) is 33.2 Å². The lowest BCUT2D eigenvalue weighted by Gasteiger charge is -2.21. The van der Waals surface area contributed by atoms with Gasteiger partial charge >= 0.3 is 0 Å². The number of benzene rings is 1. The number of aryl methyl sites for hydroxylation is 2. The van der Waals surface area contributed by atoms with E-state index in [-0.39, 0.29) is 5.82 Å². The van der Waals surface area contributed by atoms with E-state index >= 15 is 0 Å². The molecule has 0 aliphatic carbocycles. The SMILES string of the molecule is CCCn1nc(C)c(N)c1N1CCc2ccc(F)cc21. The Kier molecular flexibility index (Phi) is 3.12. The van der Waals surface area contributed by atoms with E-state index in [0.29, 0.717) is 5.69 Å². The highest BCUT2D eigenvalue weighted by atomic mass is 19.1. The molecule has 2 N–H and O–H groups in total. The lowest BCUT2D eigenvalue weighted by Crippen LogP contribution is -2.19. The zero-order valence-corrected chi connectivity index (χ0v) is 11.9. The molecule has 2 aromatic rings. The van der Waals surface area contributed by atoms with Crippen molar-refractivity contribution in [1.29, 1.82) is 0 Å². The van der Waals surface area contributed by atoms with Crippen LogP contribution < -0.4 is 10.6 Å². The van der Waals surface area contributed by atoms with Gasteiger partial charge in [0.15, 0.2) is 5.82 Å². The molecule has 20 heavy (non-hydrogen) atoms. The molecule has 0 saturated heterocycles. The lowest BCUT2D eigenvalue weighted by atomic mass is 10.2. The number of rotatable bonds is 3. The summed E-state index contributed by atoms with van der Waals surface area (Å²) in [5.74, 6) is 0.682. The first kappa shape index (κ1) is 13.0. The molecule has 1 aromatic heterocycles. The maximum absolute atomic E-state index is 13.5. The molecule has 106 valence electrons. The minimum Gasteiger partial charge on any atom is -0.394 e. The van der Waals surface area contributed by atoms with Gasteiger partial charge in [0.1, 0.15) is 5.82 Å². The van der Waals surface area contributed by atoms with E-state index in [4.69, 9.17) is 5.73 Å². The predicted octanol–water partition coefficient (Wildman–Crippen LogP) is 3.02. The van der Waals surface area contributed by atoms with Crippen LogP contribution in [0, 0.1) is 12.7 Å². The molecule has 1 aliphatic heterocycles. The number of nitrogens with two attached hydrogens (primary N) is 1. The number of hydrogen-bond donors (Lipinski definition) is 1. The first-order valence-electron chi connectivity index (χ1n) is 7.00. The van der Waals surface area contributed by atoms with Crippen LogP contribution in [0.2, 0.25) is 0 Å². The summed E-state index contributed by atoms with van der Waals surface area (Å²) in [6.07, 6.45) is 1.89. The van der Waals surface area contributed by atoms with E-state index < -0.39 is 0 Å². The summed E-state index contributed by atoms with van der Waals surface area (Å²) in [5, 5.41) is 4.50. The van der Waals surface area contributed by atoms with Crippen LogP contribution in [0.1, 0.15) is 24.6 Å². The van der Waals surface area contributed by atoms with E-state index in [9.17, 15) is 4.39 Å². The number of nitrogen functional groups attached to an aromatic ring is 1. The van der Waals surface area contributed by atoms with Crippen LogP contribution in [0.15, 0.2) is 18.2 Å². The van der Waals surface area contributed by atoms with E-state index in [0.717, 1.165) is 48.7 Å². The van der Waals surface area contributed by atoms with Crippen molar-refractivity contribution in [3.63, 3.8) is 0 Å². The Morgan fingerprint density at radius 3 is 2.95 bits per heavy atom. The van der Waals surface area contributed by atoms with Gasteiger partial charge in [-0.1, -0.05) is 13.0 Å². The zero-order chi connectivity index (χ0) is 14.3. The highest BCUT2D eigenvalue weighted by Crippen LogP contribution is 2.38. The minimum atomic E-state index is -0.215. The molecule has 0 amide bonds. The Hall–Kier alpha value is -2.04. The van der Waals surface area contributed by atoms with Crippen LogP contribution in [0.3, 0.4) is 0 Å². The predicted molar refractivity (Wildman–Crippen MR) is 78.8 cm³/mol. The fraction of sp³-hybridized carbons (Fsp3) is 0.400. The third kappa shape index (κ3) is 1.94. The van der Waals surface area contributed by atoms with E-state index in [1.54, 1.807) is 6.07 Å². The van der Waals surface area contributed by atoms with E-state index in [1.807, 2.05) is 17.7 Å². The fourth-order valence-electron chi connectivity index (χ4n) is 2.81. The molecule has 1 aromatic carbocycles. The van der Waals surface area contributed by atoms with Crippen LogP contribution >= 0.6 is 0 Å². The number of anilines is 3. The van der Waals surface area contributed by atoms with Gasteiger partial charge in [-0.15, -0.1) is 0 Å². The molecule has 0 atom stereocenters. The molecule has 0 fully saturated rings. The molecule has 0 bridgehead atoms. The third-order valence-corrected chi connectivity index (χ3v) is 3.78. The monoisotopic (exact) mass is 274 g/mol. The van der Waals surface area contributed by atoms with Gasteiger partial charge in [-0.2, -0.15) is 5.10 Å². The van der Waals surface area contributed by atoms with Crippen LogP contribution in [-0.2, 0) is 13.0 Å². The van der Waals surface area contributed by atoms with Gasteiger partial charge in [0.2, 0.25) is 0 Å². The molecular weight excluding hydrogens is 255 g/mol. The summed E-state index contributed by atoms with van der Waals surface area (Å²) >= 11 is 0. The molecule has 0 unspecified atom stereocenters. The van der Waals surface area contributed by atoms with Gasteiger partial charge in [-0.3, -0.25) is 0 Å². The standard InChI is InChI=1S/C15H19FN4/c1-3-7-20-15(14(17)10(2)18-20)19-8-6-11-4-5-12(16)9-13(11)19/h4-5,9H,3,6-8,17H2,1-2H3. The lowest BCUT2D eigenvalue weighted by molar-refractivity contribution is 0.596. The molecule has 4 nitrogen and oxygen atoms in total. The molecule has 5 heteroatoms. The van der Waals surface area contributed by atoms with Crippen LogP contribution in [0.25, 0.3) is 0 Å². The van der Waals surface area contributed by atoms with Crippen molar-refractivity contribution in [1.82, 2.24) is 9.78 Å². The first-order valence-corrected chi connectivity index (χ1v) is 7.00. The average Bonchev–Trinajstić information content (AvgIpc) is 2.93. The molecule has 0 radical (unpaired) electrons. The number of nitrogens with zero attached hydrogens (tertiary/aromatic N) is 3. The summed E-state index contributed by atoms with van der Waals surface area (Å²) in [4.78, 5) is 2.09. The molecule has 1 aliphatic rings. The van der Waals surface area contributed by atoms with Gasteiger partial charge in [-0.05, 0) is 37.5 Å². The topological polar surface area (TPSA) is 47.1 Å². The third-order valence-electron chi connectivity index (χ3n) is 3.78. The van der Waals surface area contributed by atoms with Gasteiger partial charge in [0, 0.05) is 18.8 Å². The molecular formula is C15H19FN4. The van der Waals surface area contributed by atoms with Gasteiger partial charge < -0.3 is 10.6 Å². The van der Waals surface area contributed by atoms with Crippen LogP contribution in [-0.4, -0.2) is 16.3 Å². The summed E-state index contributed by atoms with van der Waals surface area (Å²) in [7, 11) is 0. The van der Waals surface area contributed by atoms with E-state index in [2.05, 4.69) is 16.9 Å². The van der Waals surface area contributed by atoms with Crippen LogP contribution in [0.5, 0.6) is 0 Å². The highest BCUT2D eigenvalue weighted by molar-refractivity contribution is 5.77. The molecule has 3 rings (SSSR count). The molecule has 0 spiro atoms. The fourth-order valence-corrected chi connectivity index (χ4v) is 2.81.